The standard InChI is InChI=1S/C35H48N4O4Si/c1-34(2,3)42-33(40)39-20-19-29-25(24-39)12-10-14-32(29)41-21-11-13-31-30(22-27(23-36)38(31)7)37-26-15-17-28(18-16-26)43-44(8,9)35(4,5)6/h10,12,14-18,22,37H,11,13,19-21,24H2,1-9H3. The first-order valence-electron chi connectivity index (χ1n) is 15.4. The lowest BCUT2D eigenvalue weighted by Gasteiger charge is -2.36. The fourth-order valence-corrected chi connectivity index (χ4v) is 6.02. The van der Waals surface area contributed by atoms with Crippen molar-refractivity contribution in [1.29, 1.82) is 5.26 Å². The molecule has 0 fully saturated rings. The van der Waals surface area contributed by atoms with Crippen LogP contribution in [-0.4, -0.2) is 42.6 Å². The van der Waals surface area contributed by atoms with Crippen LogP contribution < -0.4 is 14.5 Å². The number of nitriles is 1. The number of nitrogens with zero attached hydrogens (tertiary/aromatic N) is 3. The van der Waals surface area contributed by atoms with Gasteiger partial charge in [-0.3, -0.25) is 0 Å². The maximum atomic E-state index is 12.6. The molecule has 9 heteroatoms. The lowest BCUT2D eigenvalue weighted by atomic mass is 9.99. The van der Waals surface area contributed by atoms with Crippen molar-refractivity contribution in [2.45, 2.75) is 91.1 Å². The molecule has 0 saturated carbocycles. The Labute approximate surface area is 264 Å². The van der Waals surface area contributed by atoms with Crippen molar-refractivity contribution in [2.75, 3.05) is 18.5 Å². The third-order valence-corrected chi connectivity index (χ3v) is 12.8. The molecule has 0 spiro atoms. The highest BCUT2D eigenvalue weighted by Gasteiger charge is 2.39. The Morgan fingerprint density at radius 3 is 2.41 bits per heavy atom. The second-order valence-electron chi connectivity index (χ2n) is 14.1. The van der Waals surface area contributed by atoms with E-state index in [1.165, 1.54) is 0 Å². The number of carbonyl (C=O) groups excluding carboxylic acids is 1. The minimum absolute atomic E-state index is 0.128. The van der Waals surface area contributed by atoms with Gasteiger partial charge >= 0.3 is 6.09 Å². The summed E-state index contributed by atoms with van der Waals surface area (Å²) < 4.78 is 20.2. The van der Waals surface area contributed by atoms with E-state index in [2.05, 4.69) is 51.3 Å². The second-order valence-corrected chi connectivity index (χ2v) is 18.8. The van der Waals surface area contributed by atoms with E-state index >= 15 is 0 Å². The molecule has 44 heavy (non-hydrogen) atoms. The van der Waals surface area contributed by atoms with Gasteiger partial charge in [0.05, 0.1) is 12.3 Å². The van der Waals surface area contributed by atoms with E-state index in [9.17, 15) is 10.1 Å². The van der Waals surface area contributed by atoms with Gasteiger partial charge in [-0.05, 0) is 100 Å². The quantitative estimate of drug-likeness (QED) is 0.192. The van der Waals surface area contributed by atoms with Gasteiger partial charge < -0.3 is 28.7 Å². The van der Waals surface area contributed by atoms with Crippen molar-refractivity contribution in [3.63, 3.8) is 0 Å². The molecule has 1 aliphatic heterocycles. The number of hydrogen-bond donors (Lipinski definition) is 1. The van der Waals surface area contributed by atoms with Crippen molar-refractivity contribution in [3.05, 3.63) is 71.0 Å². The molecule has 2 heterocycles. The van der Waals surface area contributed by atoms with Gasteiger partial charge in [-0.15, -0.1) is 0 Å². The number of ether oxygens (including phenoxy) is 2. The maximum absolute atomic E-state index is 12.6. The Morgan fingerprint density at radius 1 is 1.07 bits per heavy atom. The van der Waals surface area contributed by atoms with E-state index in [0.717, 1.165) is 59.0 Å². The van der Waals surface area contributed by atoms with Crippen LogP contribution in [0.15, 0.2) is 48.5 Å². The van der Waals surface area contributed by atoms with Gasteiger partial charge in [0.15, 0.2) is 0 Å². The van der Waals surface area contributed by atoms with E-state index < -0.39 is 13.9 Å². The van der Waals surface area contributed by atoms with Crippen LogP contribution in [0.4, 0.5) is 16.2 Å². The Bertz CT molecular complexity index is 1510. The number of anilines is 2. The van der Waals surface area contributed by atoms with Gasteiger partial charge in [0, 0.05) is 37.1 Å². The molecule has 0 saturated heterocycles. The van der Waals surface area contributed by atoms with Crippen LogP contribution in [0.25, 0.3) is 0 Å². The Hall–Kier alpha value is -3.90. The van der Waals surface area contributed by atoms with Crippen LogP contribution in [0.5, 0.6) is 11.5 Å². The molecule has 1 aromatic heterocycles. The summed E-state index contributed by atoms with van der Waals surface area (Å²) in [6.07, 6.45) is 1.97. The third kappa shape index (κ3) is 7.97. The van der Waals surface area contributed by atoms with Crippen LogP contribution in [0.2, 0.25) is 18.1 Å². The van der Waals surface area contributed by atoms with Crippen LogP contribution in [0, 0.1) is 11.3 Å². The molecular weight excluding hydrogens is 568 g/mol. The van der Waals surface area contributed by atoms with Crippen LogP contribution in [-0.2, 0) is 31.2 Å². The van der Waals surface area contributed by atoms with Crippen molar-refractivity contribution in [3.8, 4) is 17.6 Å². The number of nitrogens with one attached hydrogen (secondary N) is 1. The summed E-state index contributed by atoms with van der Waals surface area (Å²) in [4.78, 5) is 14.3. The van der Waals surface area contributed by atoms with E-state index in [-0.39, 0.29) is 11.1 Å². The average Bonchev–Trinajstić information content (AvgIpc) is 3.23. The highest BCUT2D eigenvalue weighted by atomic mass is 28.4. The lowest BCUT2D eigenvalue weighted by molar-refractivity contribution is 0.0223. The lowest BCUT2D eigenvalue weighted by Crippen LogP contribution is -2.43. The monoisotopic (exact) mass is 616 g/mol. The van der Waals surface area contributed by atoms with Crippen molar-refractivity contribution in [1.82, 2.24) is 9.47 Å². The summed E-state index contributed by atoms with van der Waals surface area (Å²) >= 11 is 0. The molecular formula is C35H48N4O4Si. The van der Waals surface area contributed by atoms with Gasteiger partial charge in [0.2, 0.25) is 8.32 Å². The predicted molar refractivity (Wildman–Crippen MR) is 178 cm³/mol. The Morgan fingerprint density at radius 2 is 1.77 bits per heavy atom. The summed E-state index contributed by atoms with van der Waals surface area (Å²) in [7, 11) is 0.0157. The van der Waals surface area contributed by atoms with Gasteiger partial charge in [-0.2, -0.15) is 5.26 Å². The summed E-state index contributed by atoms with van der Waals surface area (Å²) in [5.74, 6) is 1.75. The minimum atomic E-state index is -1.91. The first kappa shape index (κ1) is 33.0. The molecule has 1 N–H and O–H groups in total. The van der Waals surface area contributed by atoms with Gasteiger partial charge in [0.1, 0.15) is 28.9 Å². The molecule has 1 amide bonds. The van der Waals surface area contributed by atoms with Gasteiger partial charge in [0.25, 0.3) is 0 Å². The summed E-state index contributed by atoms with van der Waals surface area (Å²) in [6, 6.07) is 18.3. The topological polar surface area (TPSA) is 88.8 Å². The number of amides is 1. The van der Waals surface area contributed by atoms with Crippen LogP contribution in [0.1, 0.15) is 70.5 Å². The van der Waals surface area contributed by atoms with Crippen LogP contribution >= 0.6 is 0 Å². The molecule has 0 aliphatic carbocycles. The molecule has 1 aliphatic rings. The SMILES string of the molecule is Cn1c(C#N)cc(Nc2ccc(O[Si](C)(C)C(C)(C)C)cc2)c1CCCOc1cccc2c1CCN(C(=O)OC(C)(C)C)C2. The molecule has 0 bridgehead atoms. The number of benzene rings is 2. The second kappa shape index (κ2) is 13.0. The number of carbonyl (C=O) groups is 1. The largest absolute Gasteiger partial charge is 0.544 e. The fourth-order valence-electron chi connectivity index (χ4n) is 4.98. The zero-order chi connectivity index (χ0) is 32.3. The number of aromatic nitrogens is 1. The van der Waals surface area contributed by atoms with E-state index in [1.807, 2.05) is 74.9 Å². The van der Waals surface area contributed by atoms with E-state index in [4.69, 9.17) is 13.9 Å². The molecule has 0 radical (unpaired) electrons. The summed E-state index contributed by atoms with van der Waals surface area (Å²) in [6.45, 7) is 18.5. The first-order chi connectivity index (χ1) is 20.6. The predicted octanol–water partition coefficient (Wildman–Crippen LogP) is 8.33. The molecule has 2 aromatic carbocycles. The zero-order valence-corrected chi connectivity index (χ0v) is 28.8. The molecule has 3 aromatic rings. The number of hydrogen-bond acceptors (Lipinski definition) is 6. The van der Waals surface area contributed by atoms with Crippen molar-refractivity contribution >= 4 is 25.8 Å². The van der Waals surface area contributed by atoms with Crippen LogP contribution in [0.3, 0.4) is 0 Å². The smallest absolute Gasteiger partial charge is 0.410 e. The van der Waals surface area contributed by atoms with Gasteiger partial charge in [-0.25, -0.2) is 4.79 Å². The van der Waals surface area contributed by atoms with E-state index in [1.54, 1.807) is 4.90 Å². The minimum Gasteiger partial charge on any atom is -0.544 e. The molecule has 0 atom stereocenters. The Kier molecular flexibility index (Phi) is 9.74. The highest BCUT2D eigenvalue weighted by molar-refractivity contribution is 6.74. The molecule has 4 rings (SSSR count). The average molecular weight is 617 g/mol. The van der Waals surface area contributed by atoms with Gasteiger partial charge in [-0.1, -0.05) is 32.9 Å². The van der Waals surface area contributed by atoms with E-state index in [0.29, 0.717) is 25.4 Å². The Balaban J connectivity index is 1.37. The third-order valence-electron chi connectivity index (χ3n) is 8.48. The molecule has 8 nitrogen and oxygen atoms in total. The maximum Gasteiger partial charge on any atom is 0.410 e. The number of fused-ring (bicyclic) bond motifs is 1. The number of rotatable bonds is 9. The summed E-state index contributed by atoms with van der Waals surface area (Å²) in [5, 5.41) is 13.3. The molecule has 0 unspecified atom stereocenters. The fraction of sp³-hybridized carbons (Fsp3) is 0.486. The highest BCUT2D eigenvalue weighted by Crippen LogP contribution is 2.38. The van der Waals surface area contributed by atoms with Crippen molar-refractivity contribution < 1.29 is 18.7 Å². The normalized spacial score (nSPS) is 13.6. The first-order valence-corrected chi connectivity index (χ1v) is 18.3. The zero-order valence-electron chi connectivity index (χ0n) is 27.8. The molecule has 236 valence electrons. The summed E-state index contributed by atoms with van der Waals surface area (Å²) in [5.41, 5.74) is 5.24. The van der Waals surface area contributed by atoms with Crippen molar-refractivity contribution in [2.24, 2.45) is 7.05 Å².